The topological polar surface area (TPSA) is 61.4 Å². The van der Waals surface area contributed by atoms with Crippen LogP contribution in [0.5, 0.6) is 0 Å². The van der Waals surface area contributed by atoms with E-state index in [1.165, 1.54) is 12.1 Å². The summed E-state index contributed by atoms with van der Waals surface area (Å²) in [7, 11) is 0. The lowest BCUT2D eigenvalue weighted by molar-refractivity contribution is -0.137. The van der Waals surface area contributed by atoms with E-state index in [-0.39, 0.29) is 24.4 Å². The average Bonchev–Trinajstić information content (AvgIpc) is 2.76. The third-order valence-electron chi connectivity index (χ3n) is 5.63. The molecule has 5 nitrogen and oxygen atoms in total. The molecule has 1 aliphatic heterocycles. The fourth-order valence-electron chi connectivity index (χ4n) is 3.85. The molecule has 172 valence electrons. The highest BCUT2D eigenvalue weighted by molar-refractivity contribution is 5.89. The third kappa shape index (κ3) is 7.00. The van der Waals surface area contributed by atoms with Crippen LogP contribution in [0.3, 0.4) is 0 Å². The van der Waals surface area contributed by atoms with Gasteiger partial charge in [-0.25, -0.2) is 4.79 Å². The van der Waals surface area contributed by atoms with Gasteiger partial charge in [-0.2, -0.15) is 13.2 Å². The Morgan fingerprint density at radius 2 is 1.88 bits per heavy atom. The third-order valence-corrected chi connectivity index (χ3v) is 5.63. The van der Waals surface area contributed by atoms with Crippen LogP contribution in [0.2, 0.25) is 0 Å². The molecule has 0 saturated carbocycles. The number of nitrogens with one attached hydrogen (secondary N) is 2. The summed E-state index contributed by atoms with van der Waals surface area (Å²) < 4.78 is 37.8. The van der Waals surface area contributed by atoms with Crippen molar-refractivity contribution in [1.82, 2.24) is 10.2 Å². The first-order valence-corrected chi connectivity index (χ1v) is 10.8. The Hall–Kier alpha value is -3.03. The second-order valence-electron chi connectivity index (χ2n) is 8.26. The van der Waals surface area contributed by atoms with Crippen LogP contribution in [0.1, 0.15) is 42.4 Å². The first-order chi connectivity index (χ1) is 15.2. The van der Waals surface area contributed by atoms with Gasteiger partial charge in [0.25, 0.3) is 0 Å². The van der Waals surface area contributed by atoms with Gasteiger partial charge in [0, 0.05) is 31.7 Å². The highest BCUT2D eigenvalue weighted by Gasteiger charge is 2.30. The van der Waals surface area contributed by atoms with Crippen molar-refractivity contribution in [3.63, 3.8) is 0 Å². The highest BCUT2D eigenvalue weighted by atomic mass is 19.4. The average molecular weight is 448 g/mol. The van der Waals surface area contributed by atoms with Gasteiger partial charge in [0.15, 0.2) is 0 Å². The highest BCUT2D eigenvalue weighted by Crippen LogP contribution is 2.29. The van der Waals surface area contributed by atoms with Gasteiger partial charge in [0.05, 0.1) is 5.56 Å². The number of alkyl halides is 3. The maximum absolute atomic E-state index is 12.6. The van der Waals surface area contributed by atoms with E-state index in [1.807, 2.05) is 31.2 Å². The number of benzene rings is 2. The number of anilines is 1. The van der Waals surface area contributed by atoms with E-state index in [1.54, 1.807) is 4.90 Å². The van der Waals surface area contributed by atoms with Gasteiger partial charge in [0.1, 0.15) is 0 Å². The van der Waals surface area contributed by atoms with Gasteiger partial charge in [-0.3, -0.25) is 4.79 Å². The maximum Gasteiger partial charge on any atom is 0.416 e. The molecule has 1 atom stereocenters. The quantitative estimate of drug-likeness (QED) is 0.627. The van der Waals surface area contributed by atoms with Gasteiger partial charge < -0.3 is 15.5 Å². The summed E-state index contributed by atoms with van der Waals surface area (Å²) in [6, 6.07) is 12.3. The Bertz CT molecular complexity index is 929. The molecule has 1 fully saturated rings. The standard InChI is InChI=1S/C24H28F3N3O2/c1-17-4-2-6-21(14-17)29-23(32)30-13-3-5-19(16-30)9-12-22(31)28-15-18-7-10-20(11-8-18)24(25,26)27/h2,4,6-8,10-11,14,19H,3,5,9,12-13,15-16H2,1H3,(H,28,31)(H,29,32). The Labute approximate surface area is 186 Å². The summed E-state index contributed by atoms with van der Waals surface area (Å²) in [5.74, 6) is 0.0927. The van der Waals surface area contributed by atoms with Gasteiger partial charge in [0.2, 0.25) is 5.91 Å². The number of rotatable bonds is 6. The molecule has 0 aromatic heterocycles. The summed E-state index contributed by atoms with van der Waals surface area (Å²) >= 11 is 0. The number of piperidine rings is 1. The number of likely N-dealkylation sites (tertiary alicyclic amines) is 1. The minimum atomic E-state index is -4.37. The Morgan fingerprint density at radius 3 is 2.56 bits per heavy atom. The number of hydrogen-bond donors (Lipinski definition) is 2. The Balaban J connectivity index is 1.41. The van der Waals surface area contributed by atoms with Crippen molar-refractivity contribution in [3.8, 4) is 0 Å². The number of aryl methyl sites for hydroxylation is 1. The van der Waals surface area contributed by atoms with Crippen molar-refractivity contribution in [2.24, 2.45) is 5.92 Å². The summed E-state index contributed by atoms with van der Waals surface area (Å²) in [4.78, 5) is 26.6. The predicted octanol–water partition coefficient (Wildman–Crippen LogP) is 5.35. The zero-order chi connectivity index (χ0) is 23.1. The van der Waals surface area contributed by atoms with Crippen molar-refractivity contribution in [2.75, 3.05) is 18.4 Å². The van der Waals surface area contributed by atoms with Gasteiger partial charge >= 0.3 is 12.2 Å². The van der Waals surface area contributed by atoms with E-state index in [2.05, 4.69) is 10.6 Å². The number of urea groups is 1. The second kappa shape index (κ2) is 10.5. The van der Waals surface area contributed by atoms with E-state index in [9.17, 15) is 22.8 Å². The minimum absolute atomic E-state index is 0.132. The molecule has 3 rings (SSSR count). The van der Waals surface area contributed by atoms with Crippen LogP contribution >= 0.6 is 0 Å². The van der Waals surface area contributed by atoms with Crippen LogP contribution < -0.4 is 10.6 Å². The number of amides is 3. The van der Waals surface area contributed by atoms with Crippen LogP contribution in [-0.4, -0.2) is 29.9 Å². The van der Waals surface area contributed by atoms with Gasteiger partial charge in [-0.1, -0.05) is 24.3 Å². The molecule has 32 heavy (non-hydrogen) atoms. The summed E-state index contributed by atoms with van der Waals surface area (Å²) in [5, 5.41) is 5.68. The number of carbonyl (C=O) groups is 2. The molecule has 1 heterocycles. The van der Waals surface area contributed by atoms with E-state index >= 15 is 0 Å². The van der Waals surface area contributed by atoms with E-state index < -0.39 is 11.7 Å². The molecule has 0 aliphatic carbocycles. The van der Waals surface area contributed by atoms with Crippen LogP contribution in [0.25, 0.3) is 0 Å². The van der Waals surface area contributed by atoms with E-state index in [4.69, 9.17) is 0 Å². The molecule has 3 amide bonds. The normalized spacial score (nSPS) is 16.5. The molecule has 2 N–H and O–H groups in total. The second-order valence-corrected chi connectivity index (χ2v) is 8.26. The van der Waals surface area contributed by atoms with Crippen molar-refractivity contribution in [1.29, 1.82) is 0 Å². The number of carbonyl (C=O) groups excluding carboxylic acids is 2. The zero-order valence-corrected chi connectivity index (χ0v) is 18.0. The van der Waals surface area contributed by atoms with Crippen molar-refractivity contribution >= 4 is 17.6 Å². The first kappa shape index (κ1) is 23.6. The van der Waals surface area contributed by atoms with Crippen LogP contribution in [0.4, 0.5) is 23.7 Å². The number of nitrogens with zero attached hydrogens (tertiary/aromatic N) is 1. The van der Waals surface area contributed by atoms with Gasteiger partial charge in [-0.05, 0) is 67.5 Å². The van der Waals surface area contributed by atoms with Crippen molar-refractivity contribution in [2.45, 2.75) is 45.3 Å². The smallest absolute Gasteiger partial charge is 0.352 e. The Kier molecular flexibility index (Phi) is 7.77. The lowest BCUT2D eigenvalue weighted by atomic mass is 9.93. The van der Waals surface area contributed by atoms with Crippen LogP contribution in [0.15, 0.2) is 48.5 Å². The lowest BCUT2D eigenvalue weighted by Gasteiger charge is -2.32. The summed E-state index contributed by atoms with van der Waals surface area (Å²) in [6.07, 6.45) is -1.54. The molecule has 1 unspecified atom stereocenters. The van der Waals surface area contributed by atoms with E-state index in [0.29, 0.717) is 31.5 Å². The molecule has 2 aromatic rings. The first-order valence-electron chi connectivity index (χ1n) is 10.8. The fourth-order valence-corrected chi connectivity index (χ4v) is 3.85. The summed E-state index contributed by atoms with van der Waals surface area (Å²) in [5.41, 5.74) is 1.74. The zero-order valence-electron chi connectivity index (χ0n) is 18.0. The minimum Gasteiger partial charge on any atom is -0.352 e. The molecule has 0 bridgehead atoms. The molecule has 1 aliphatic rings. The van der Waals surface area contributed by atoms with E-state index in [0.717, 1.165) is 36.2 Å². The van der Waals surface area contributed by atoms with Crippen LogP contribution in [0, 0.1) is 12.8 Å². The maximum atomic E-state index is 12.6. The SMILES string of the molecule is Cc1cccc(NC(=O)N2CCCC(CCC(=O)NCc3ccc(C(F)(F)F)cc3)C2)c1. The largest absolute Gasteiger partial charge is 0.416 e. The molecule has 0 spiro atoms. The molecule has 2 aromatic carbocycles. The lowest BCUT2D eigenvalue weighted by Crippen LogP contribution is -2.42. The fraction of sp³-hybridized carbons (Fsp3) is 0.417. The monoisotopic (exact) mass is 447 g/mol. The molecular formula is C24H28F3N3O2. The van der Waals surface area contributed by atoms with Crippen molar-refractivity contribution < 1.29 is 22.8 Å². The predicted molar refractivity (Wildman–Crippen MR) is 117 cm³/mol. The molecule has 8 heteroatoms. The van der Waals surface area contributed by atoms with Crippen molar-refractivity contribution in [3.05, 3.63) is 65.2 Å². The number of hydrogen-bond acceptors (Lipinski definition) is 2. The molecule has 0 radical (unpaired) electrons. The van der Waals surface area contributed by atoms with Crippen LogP contribution in [-0.2, 0) is 17.5 Å². The Morgan fingerprint density at radius 1 is 1.12 bits per heavy atom. The molecule has 1 saturated heterocycles. The number of halogens is 3. The summed E-state index contributed by atoms with van der Waals surface area (Å²) in [6.45, 7) is 3.44. The van der Waals surface area contributed by atoms with Gasteiger partial charge in [-0.15, -0.1) is 0 Å². The molecular weight excluding hydrogens is 419 g/mol.